The summed E-state index contributed by atoms with van der Waals surface area (Å²) in [7, 11) is 0. The Morgan fingerprint density at radius 3 is 2.41 bits per heavy atom. The molecule has 0 aliphatic heterocycles. The molecular formula is C22H21NO6. The van der Waals surface area contributed by atoms with Gasteiger partial charge in [-0.15, -0.1) is 0 Å². The van der Waals surface area contributed by atoms with Gasteiger partial charge in [-0.3, -0.25) is 14.4 Å². The maximum absolute atomic E-state index is 12.7. The third-order valence-electron chi connectivity index (χ3n) is 4.77. The summed E-state index contributed by atoms with van der Waals surface area (Å²) >= 11 is 0. The van der Waals surface area contributed by atoms with E-state index < -0.39 is 17.9 Å². The van der Waals surface area contributed by atoms with Crippen molar-refractivity contribution in [3.63, 3.8) is 0 Å². The second kappa shape index (κ2) is 7.50. The first kappa shape index (κ1) is 20.3. The van der Waals surface area contributed by atoms with Gasteiger partial charge in [0.05, 0.1) is 11.1 Å². The average molecular weight is 395 g/mol. The summed E-state index contributed by atoms with van der Waals surface area (Å²) in [5.74, 6) is -1.84. The van der Waals surface area contributed by atoms with E-state index >= 15 is 0 Å². The van der Waals surface area contributed by atoms with Crippen LogP contribution < -0.4 is 5.43 Å². The lowest BCUT2D eigenvalue weighted by Gasteiger charge is -2.12. The number of carbonyl (C=O) groups is 3. The van der Waals surface area contributed by atoms with Crippen LogP contribution in [0, 0.1) is 20.8 Å². The van der Waals surface area contributed by atoms with Crippen molar-refractivity contribution >= 4 is 28.5 Å². The van der Waals surface area contributed by atoms with Crippen LogP contribution in [0.1, 0.15) is 62.1 Å². The largest absolute Gasteiger partial charge is 0.449 e. The molecule has 7 nitrogen and oxygen atoms in total. The molecule has 0 fully saturated rings. The normalized spacial score (nSPS) is 12.0. The first-order chi connectivity index (χ1) is 13.6. The van der Waals surface area contributed by atoms with Crippen LogP contribution in [0.4, 0.5) is 0 Å². The molecule has 0 saturated carbocycles. The summed E-state index contributed by atoms with van der Waals surface area (Å²) in [6.45, 7) is 8.04. The molecule has 3 aromatic rings. The molecule has 3 rings (SSSR count). The van der Waals surface area contributed by atoms with Crippen LogP contribution in [0.15, 0.2) is 33.5 Å². The van der Waals surface area contributed by atoms with Gasteiger partial charge in [0, 0.05) is 17.3 Å². The van der Waals surface area contributed by atoms with E-state index in [-0.39, 0.29) is 28.2 Å². The van der Waals surface area contributed by atoms with E-state index in [1.807, 2.05) is 6.92 Å². The third-order valence-corrected chi connectivity index (χ3v) is 4.77. The van der Waals surface area contributed by atoms with Crippen molar-refractivity contribution in [1.29, 1.82) is 0 Å². The Hall–Kier alpha value is -3.48. The average Bonchev–Trinajstić information content (AvgIpc) is 2.95. The number of Topliss-reactive ketones (excluding diaryl/α,β-unsaturated/α-hetero) is 2. The van der Waals surface area contributed by atoms with Gasteiger partial charge >= 0.3 is 5.97 Å². The number of aromatic amines is 1. The molecule has 2 heterocycles. The monoisotopic (exact) mass is 395 g/mol. The summed E-state index contributed by atoms with van der Waals surface area (Å²) < 4.78 is 10.7. The zero-order chi connectivity index (χ0) is 21.5. The van der Waals surface area contributed by atoms with E-state index in [2.05, 4.69) is 4.98 Å². The van der Waals surface area contributed by atoms with E-state index in [9.17, 15) is 19.2 Å². The van der Waals surface area contributed by atoms with Crippen LogP contribution in [-0.2, 0) is 4.74 Å². The molecule has 1 aromatic carbocycles. The number of hydrogen-bond acceptors (Lipinski definition) is 6. The van der Waals surface area contributed by atoms with Gasteiger partial charge in [-0.05, 0) is 52.3 Å². The van der Waals surface area contributed by atoms with Crippen LogP contribution in [0.5, 0.6) is 0 Å². The lowest BCUT2D eigenvalue weighted by Crippen LogP contribution is -2.25. The van der Waals surface area contributed by atoms with Crippen LogP contribution >= 0.6 is 0 Å². The van der Waals surface area contributed by atoms with Crippen LogP contribution in [0.3, 0.4) is 0 Å². The Morgan fingerprint density at radius 2 is 1.79 bits per heavy atom. The highest BCUT2D eigenvalue weighted by atomic mass is 16.6. The zero-order valence-corrected chi connectivity index (χ0v) is 16.8. The van der Waals surface area contributed by atoms with E-state index in [4.69, 9.17) is 9.15 Å². The lowest BCUT2D eigenvalue weighted by atomic mass is 10.0. The highest BCUT2D eigenvalue weighted by Gasteiger charge is 2.27. The van der Waals surface area contributed by atoms with Crippen molar-refractivity contribution in [2.45, 2.75) is 40.7 Å². The van der Waals surface area contributed by atoms with E-state index in [0.717, 1.165) is 11.6 Å². The summed E-state index contributed by atoms with van der Waals surface area (Å²) in [6.07, 6.45) is -1.14. The van der Waals surface area contributed by atoms with Gasteiger partial charge in [0.15, 0.2) is 17.3 Å². The molecule has 0 unspecified atom stereocenters. The molecule has 7 heteroatoms. The van der Waals surface area contributed by atoms with Crippen LogP contribution in [-0.4, -0.2) is 28.6 Å². The first-order valence-electron chi connectivity index (χ1n) is 9.10. The van der Waals surface area contributed by atoms with Gasteiger partial charge in [-0.25, -0.2) is 4.79 Å². The fraction of sp³-hybridized carbons (Fsp3) is 0.273. The quantitative estimate of drug-likeness (QED) is 0.522. The van der Waals surface area contributed by atoms with Crippen molar-refractivity contribution in [2.24, 2.45) is 0 Å². The number of carbonyl (C=O) groups excluding carboxylic acids is 3. The predicted molar refractivity (Wildman–Crippen MR) is 107 cm³/mol. The number of benzene rings is 1. The molecular weight excluding hydrogens is 374 g/mol. The Kier molecular flexibility index (Phi) is 5.24. The van der Waals surface area contributed by atoms with Crippen molar-refractivity contribution in [2.75, 3.05) is 0 Å². The summed E-state index contributed by atoms with van der Waals surface area (Å²) in [5.41, 5.74) is 2.52. The number of hydrogen-bond donors (Lipinski definition) is 1. The number of aryl methyl sites for hydroxylation is 2. The number of H-pyrrole nitrogens is 1. The number of fused-ring (bicyclic) bond motifs is 1. The Labute approximate surface area is 166 Å². The molecule has 0 radical (unpaired) electrons. The minimum absolute atomic E-state index is 0.159. The molecule has 29 heavy (non-hydrogen) atoms. The molecule has 0 saturated heterocycles. The highest BCUT2D eigenvalue weighted by Crippen LogP contribution is 2.21. The van der Waals surface area contributed by atoms with Crippen molar-refractivity contribution < 1.29 is 23.5 Å². The van der Waals surface area contributed by atoms with E-state index in [1.54, 1.807) is 32.0 Å². The number of aromatic nitrogens is 1. The van der Waals surface area contributed by atoms with Gasteiger partial charge in [-0.1, -0.05) is 11.6 Å². The summed E-state index contributed by atoms with van der Waals surface area (Å²) in [4.78, 5) is 52.1. The maximum atomic E-state index is 12.7. The van der Waals surface area contributed by atoms with Gasteiger partial charge in [0.1, 0.15) is 5.58 Å². The standard InChI is InChI=1S/C22H21NO6/c1-10-6-7-17-15(8-10)16(25)9-18(29-17)22(27)28-14(5)21(26)20-11(2)19(13(4)24)12(3)23-20/h6-9,14,23H,1-5H3/t14-/m1/s1. The Morgan fingerprint density at radius 1 is 1.10 bits per heavy atom. The summed E-state index contributed by atoms with van der Waals surface area (Å²) in [6, 6.07) is 6.09. The van der Waals surface area contributed by atoms with Crippen molar-refractivity contribution in [1.82, 2.24) is 4.98 Å². The number of ketones is 2. The molecule has 2 aromatic heterocycles. The SMILES string of the molecule is CC(=O)c1c(C)[nH]c(C(=O)[C@@H](C)OC(=O)c2cc(=O)c3cc(C)ccc3o2)c1C. The Balaban J connectivity index is 1.86. The third kappa shape index (κ3) is 3.76. The Bertz CT molecular complexity index is 1210. The van der Waals surface area contributed by atoms with Crippen molar-refractivity contribution in [3.05, 3.63) is 68.3 Å². The molecule has 0 amide bonds. The lowest BCUT2D eigenvalue weighted by molar-refractivity contribution is 0.0288. The molecule has 1 atom stereocenters. The summed E-state index contributed by atoms with van der Waals surface area (Å²) in [5, 5.41) is 0.361. The van der Waals surface area contributed by atoms with Crippen molar-refractivity contribution in [3.8, 4) is 0 Å². The van der Waals surface area contributed by atoms with Crippen LogP contribution in [0.25, 0.3) is 11.0 Å². The maximum Gasteiger partial charge on any atom is 0.375 e. The first-order valence-corrected chi connectivity index (χ1v) is 9.10. The zero-order valence-electron chi connectivity index (χ0n) is 16.8. The molecule has 0 bridgehead atoms. The smallest absolute Gasteiger partial charge is 0.375 e. The van der Waals surface area contributed by atoms with E-state index in [1.165, 1.54) is 13.8 Å². The van der Waals surface area contributed by atoms with Crippen LogP contribution in [0.2, 0.25) is 0 Å². The van der Waals surface area contributed by atoms with Gasteiger partial charge in [-0.2, -0.15) is 0 Å². The number of nitrogens with one attached hydrogen (secondary N) is 1. The van der Waals surface area contributed by atoms with Gasteiger partial charge in [0.2, 0.25) is 11.5 Å². The van der Waals surface area contributed by atoms with E-state index in [0.29, 0.717) is 22.2 Å². The molecule has 0 aliphatic carbocycles. The number of ether oxygens (including phenoxy) is 1. The highest BCUT2D eigenvalue weighted by molar-refractivity contribution is 6.05. The number of rotatable bonds is 5. The second-order valence-corrected chi connectivity index (χ2v) is 7.07. The molecule has 1 N–H and O–H groups in total. The minimum atomic E-state index is -1.14. The predicted octanol–water partition coefficient (Wildman–Crippen LogP) is 3.68. The van der Waals surface area contributed by atoms with Gasteiger partial charge < -0.3 is 14.1 Å². The molecule has 0 spiro atoms. The fourth-order valence-corrected chi connectivity index (χ4v) is 3.37. The number of esters is 1. The molecule has 150 valence electrons. The fourth-order valence-electron chi connectivity index (χ4n) is 3.37. The topological polar surface area (TPSA) is 106 Å². The second-order valence-electron chi connectivity index (χ2n) is 7.07. The minimum Gasteiger partial charge on any atom is -0.449 e. The van der Waals surface area contributed by atoms with Gasteiger partial charge in [0.25, 0.3) is 0 Å². The molecule has 0 aliphatic rings.